The van der Waals surface area contributed by atoms with Gasteiger partial charge in [-0.1, -0.05) is 88.5 Å². The van der Waals surface area contributed by atoms with Crippen LogP contribution in [0.1, 0.15) is 185 Å². The van der Waals surface area contributed by atoms with E-state index >= 15 is 0 Å². The third-order valence-electron chi connectivity index (χ3n) is 17.1. The van der Waals surface area contributed by atoms with E-state index in [0.717, 1.165) is 0 Å². The summed E-state index contributed by atoms with van der Waals surface area (Å²) in [6.07, 6.45) is -4.12. The highest BCUT2D eigenvalue weighted by atomic mass is 16.4. The second-order valence-electron chi connectivity index (χ2n) is 27.1. The number of carbonyl (C=O) groups excluding carboxylic acids is 15. The molecule has 0 rings (SSSR count). The Balaban J connectivity index is 7.15. The lowest BCUT2D eigenvalue weighted by atomic mass is 9.95. The van der Waals surface area contributed by atoms with Crippen LogP contribution in [0.2, 0.25) is 0 Å². The van der Waals surface area contributed by atoms with E-state index in [1.54, 1.807) is 69.2 Å². The number of primary amides is 3. The van der Waals surface area contributed by atoms with Crippen molar-refractivity contribution in [2.75, 3.05) is 13.2 Å². The van der Waals surface area contributed by atoms with E-state index in [9.17, 15) is 102 Å². The van der Waals surface area contributed by atoms with E-state index in [-0.39, 0.29) is 57.4 Å². The highest BCUT2D eigenvalue weighted by molar-refractivity contribution is 6.01. The van der Waals surface area contributed by atoms with Crippen molar-refractivity contribution in [2.24, 2.45) is 58.3 Å². The minimum atomic E-state index is -1.85. The fourth-order valence-electron chi connectivity index (χ4n) is 10.2. The van der Waals surface area contributed by atoms with Crippen LogP contribution in [0.3, 0.4) is 0 Å². The lowest BCUT2D eigenvalue weighted by Crippen LogP contribution is -2.62. The fraction of sp³-hybridized carbons (Fsp3) is 0.727. The number of aliphatic carboxylic acids is 3. The molecule has 15 amide bonds. The molecule has 0 saturated carbocycles. The summed E-state index contributed by atoms with van der Waals surface area (Å²) in [6.45, 7) is 16.7. The first-order valence-corrected chi connectivity index (χ1v) is 35.2. The standard InChI is InChI=1S/C66H115N17O22/c1-12-33(8)51(81-55(93)37(68)18-24-49(88)89)65(103)79-44(29-48(71)87)61(99)74-40(20-23-47(70)86)58(96)77-42(27-31(4)5)60(98)75-41(21-25-50(90)91)59(97)78-43(28-32(6)7)62(100)82-52(34(9)13-2)64(102)76-38(17-15-16-26-67)57(95)73-39(19-22-46(69)85)56(94)72-36(11)54(92)80-45(30-84)63(101)83-53(66(104)105)35(10)14-3/h31-45,51-53,84H,12-30,67-68H2,1-11H3,(H2,69,85)(H2,70,86)(H2,71,87)(H,72,94)(H,73,95)(H,74,99)(H,75,98)(H,76,102)(H,77,96)(H,78,97)(H,79,103)(H,80,92)(H,81,93)(H,82,100)(H,83,101)(H,88,89)(H,90,91)(H,104,105)/t33-,34-,35-,36-,37-,38-,39-,40-,41-,42-,43-,44-,45-,51-,52-,53-/m0/s1. The number of hydrogen-bond acceptors (Lipinski definition) is 21. The molecule has 0 bridgehead atoms. The third-order valence-corrected chi connectivity index (χ3v) is 17.1. The number of carboxylic acid groups (broad SMARTS) is 3. The van der Waals surface area contributed by atoms with Crippen molar-refractivity contribution in [1.29, 1.82) is 0 Å². The number of aliphatic hydroxyl groups excluding tert-OH is 1. The Labute approximate surface area is 610 Å². The SMILES string of the molecule is CC[C@H](C)[C@H](NC(=O)[C@H](CO)NC(=O)[C@H](C)NC(=O)[C@H](CCC(N)=O)NC(=O)[C@H](CCCCN)NC(=O)[C@@H](NC(=O)[C@H](CC(C)C)NC(=O)[C@H](CCC(=O)O)NC(=O)[C@H](CC(C)C)NC(=O)[C@H](CCC(N)=O)NC(=O)[C@H](CC(N)=O)NC(=O)[C@@H](NC(=O)[C@@H](N)CCC(=O)O)[C@@H](C)CC)[C@@H](C)CC)C(=O)O. The molecule has 16 atom stereocenters. The van der Waals surface area contributed by atoms with Crippen molar-refractivity contribution in [3.63, 3.8) is 0 Å². The first-order valence-electron chi connectivity index (χ1n) is 35.2. The Morgan fingerprint density at radius 2 is 0.648 bits per heavy atom. The Kier molecular flexibility index (Phi) is 44.6. The Bertz CT molecular complexity index is 2990. The van der Waals surface area contributed by atoms with Gasteiger partial charge in [0.05, 0.1) is 19.1 Å². The zero-order valence-electron chi connectivity index (χ0n) is 61.9. The number of hydrogen-bond donors (Lipinski definition) is 21. The van der Waals surface area contributed by atoms with Crippen LogP contribution in [-0.2, 0) is 86.3 Å². The van der Waals surface area contributed by atoms with Gasteiger partial charge in [0.1, 0.15) is 72.5 Å². The number of aliphatic hydroxyl groups is 1. The summed E-state index contributed by atoms with van der Waals surface area (Å²) in [5, 5.41) is 67.6. The molecule has 596 valence electrons. The average molecular weight is 1500 g/mol. The molecule has 39 nitrogen and oxygen atoms in total. The van der Waals surface area contributed by atoms with Gasteiger partial charge in [-0.05, 0) is 101 Å². The largest absolute Gasteiger partial charge is 0.481 e. The number of nitrogens with two attached hydrogens (primary N) is 5. The second kappa shape index (κ2) is 49.1. The lowest BCUT2D eigenvalue weighted by Gasteiger charge is -2.30. The van der Waals surface area contributed by atoms with Gasteiger partial charge in [-0.2, -0.15) is 0 Å². The van der Waals surface area contributed by atoms with E-state index in [1.165, 1.54) is 6.92 Å². The maximum Gasteiger partial charge on any atom is 0.326 e. The zero-order chi connectivity index (χ0) is 80.7. The minimum absolute atomic E-state index is 0.116. The summed E-state index contributed by atoms with van der Waals surface area (Å²) in [7, 11) is 0. The second-order valence-corrected chi connectivity index (χ2v) is 27.1. The van der Waals surface area contributed by atoms with Gasteiger partial charge in [0, 0.05) is 25.7 Å². The van der Waals surface area contributed by atoms with Crippen molar-refractivity contribution >= 4 is 107 Å². The molecule has 39 heteroatoms. The number of carbonyl (C=O) groups is 18. The van der Waals surface area contributed by atoms with Gasteiger partial charge in [-0.3, -0.25) is 81.5 Å². The van der Waals surface area contributed by atoms with E-state index in [2.05, 4.69) is 63.8 Å². The van der Waals surface area contributed by atoms with Crippen LogP contribution in [0.5, 0.6) is 0 Å². The molecule has 0 saturated heterocycles. The van der Waals surface area contributed by atoms with Crippen LogP contribution in [0.4, 0.5) is 0 Å². The number of nitrogens with one attached hydrogen (secondary N) is 12. The lowest BCUT2D eigenvalue weighted by molar-refractivity contribution is -0.144. The molecule has 0 spiro atoms. The summed E-state index contributed by atoms with van der Waals surface area (Å²) in [6, 6.07) is -20.4. The van der Waals surface area contributed by atoms with Crippen LogP contribution in [0.25, 0.3) is 0 Å². The highest BCUT2D eigenvalue weighted by Gasteiger charge is 2.39. The molecule has 0 radical (unpaired) electrons. The molecule has 0 aromatic carbocycles. The van der Waals surface area contributed by atoms with Gasteiger partial charge in [-0.25, -0.2) is 4.79 Å². The Morgan fingerprint density at radius 1 is 0.333 bits per heavy atom. The van der Waals surface area contributed by atoms with Crippen molar-refractivity contribution in [1.82, 2.24) is 63.8 Å². The van der Waals surface area contributed by atoms with Crippen LogP contribution >= 0.6 is 0 Å². The molecule has 0 aliphatic carbocycles. The van der Waals surface area contributed by atoms with Gasteiger partial charge >= 0.3 is 17.9 Å². The van der Waals surface area contributed by atoms with Crippen molar-refractivity contribution < 1.29 is 107 Å². The topological polar surface area (TPSA) is 663 Å². The highest BCUT2D eigenvalue weighted by Crippen LogP contribution is 2.17. The van der Waals surface area contributed by atoms with Gasteiger partial charge in [0.25, 0.3) is 0 Å². The quantitative estimate of drug-likeness (QED) is 0.0253. The van der Waals surface area contributed by atoms with Gasteiger partial charge in [0.2, 0.25) is 88.6 Å². The Hall–Kier alpha value is -9.66. The van der Waals surface area contributed by atoms with Gasteiger partial charge < -0.3 is 113 Å². The normalized spacial score (nSPS) is 15.8. The first kappa shape index (κ1) is 95.3. The summed E-state index contributed by atoms with van der Waals surface area (Å²) in [5.74, 6) is -22.2. The third kappa shape index (κ3) is 37.1. The van der Waals surface area contributed by atoms with E-state index in [0.29, 0.717) is 12.8 Å². The first-order chi connectivity index (χ1) is 49.0. The van der Waals surface area contributed by atoms with Crippen LogP contribution in [-0.4, -0.2) is 219 Å². The molecule has 0 heterocycles. The van der Waals surface area contributed by atoms with Crippen molar-refractivity contribution in [2.45, 2.75) is 264 Å². The Morgan fingerprint density at radius 3 is 1.03 bits per heavy atom. The molecule has 0 aliphatic heterocycles. The van der Waals surface area contributed by atoms with Crippen LogP contribution in [0.15, 0.2) is 0 Å². The molecule has 0 aromatic rings. The molecule has 0 aliphatic rings. The number of rotatable bonds is 54. The summed E-state index contributed by atoms with van der Waals surface area (Å²) in [4.78, 5) is 239. The maximum atomic E-state index is 14.6. The van der Waals surface area contributed by atoms with Crippen LogP contribution < -0.4 is 92.5 Å². The molecular formula is C66H115N17O22. The maximum absolute atomic E-state index is 14.6. The van der Waals surface area contributed by atoms with Gasteiger partial charge in [-0.15, -0.1) is 0 Å². The zero-order valence-corrected chi connectivity index (χ0v) is 61.9. The number of carboxylic acids is 3. The monoisotopic (exact) mass is 1500 g/mol. The summed E-state index contributed by atoms with van der Waals surface area (Å²) < 4.78 is 0. The van der Waals surface area contributed by atoms with E-state index < -0.39 is 267 Å². The van der Waals surface area contributed by atoms with E-state index in [1.807, 2.05) is 0 Å². The van der Waals surface area contributed by atoms with E-state index in [4.69, 9.17) is 33.8 Å². The van der Waals surface area contributed by atoms with Crippen molar-refractivity contribution in [3.8, 4) is 0 Å². The minimum Gasteiger partial charge on any atom is -0.481 e. The molecule has 0 unspecified atom stereocenters. The molecule has 0 aromatic heterocycles. The summed E-state index contributed by atoms with van der Waals surface area (Å²) in [5.41, 5.74) is 27.9. The summed E-state index contributed by atoms with van der Waals surface area (Å²) >= 11 is 0. The molecule has 105 heavy (non-hydrogen) atoms. The number of unbranched alkanes of at least 4 members (excludes halogenated alkanes) is 1. The molecule has 26 N–H and O–H groups in total. The predicted octanol–water partition coefficient (Wildman–Crippen LogP) is -5.28. The van der Waals surface area contributed by atoms with Crippen molar-refractivity contribution in [3.05, 3.63) is 0 Å². The molecule has 0 fully saturated rings. The smallest absolute Gasteiger partial charge is 0.326 e. The fourth-order valence-corrected chi connectivity index (χ4v) is 10.2. The average Bonchev–Trinajstić information content (AvgIpc) is 0.854. The predicted molar refractivity (Wildman–Crippen MR) is 376 cm³/mol. The van der Waals surface area contributed by atoms with Crippen LogP contribution in [0, 0.1) is 29.6 Å². The molecular weight excluding hydrogens is 1380 g/mol. The van der Waals surface area contributed by atoms with Gasteiger partial charge in [0.15, 0.2) is 0 Å². The number of amides is 15.